The number of alkyl halides is 2. The van der Waals surface area contributed by atoms with Gasteiger partial charge in [0.25, 0.3) is 6.43 Å². The Morgan fingerprint density at radius 3 is 2.80 bits per heavy atom. The van der Waals surface area contributed by atoms with Gasteiger partial charge in [-0.05, 0) is 12.1 Å². The smallest absolute Gasteiger partial charge is 0.255 e. The van der Waals surface area contributed by atoms with E-state index in [2.05, 4.69) is 0 Å². The minimum absolute atomic E-state index is 0.104. The van der Waals surface area contributed by atoms with Crippen LogP contribution in [-0.2, 0) is 4.79 Å². The van der Waals surface area contributed by atoms with Crippen LogP contribution in [0.4, 0.5) is 20.2 Å². The SMILES string of the molecule is CN1C(=O)C(N)c2ccc(N(CCO)CC(F)F)cc21. The van der Waals surface area contributed by atoms with Crippen LogP contribution in [0.1, 0.15) is 11.6 Å². The molecule has 0 fully saturated rings. The van der Waals surface area contributed by atoms with E-state index in [4.69, 9.17) is 10.8 Å². The number of nitrogens with two attached hydrogens (primary N) is 1. The highest BCUT2D eigenvalue weighted by Gasteiger charge is 2.32. The average Bonchev–Trinajstić information content (AvgIpc) is 2.63. The van der Waals surface area contributed by atoms with Crippen molar-refractivity contribution in [2.24, 2.45) is 5.73 Å². The van der Waals surface area contributed by atoms with Crippen molar-refractivity contribution in [1.82, 2.24) is 0 Å². The number of fused-ring (bicyclic) bond motifs is 1. The van der Waals surface area contributed by atoms with Gasteiger partial charge in [-0.1, -0.05) is 6.07 Å². The maximum atomic E-state index is 12.6. The third kappa shape index (κ3) is 2.59. The minimum atomic E-state index is -2.50. The average molecular weight is 285 g/mol. The zero-order chi connectivity index (χ0) is 14.9. The van der Waals surface area contributed by atoms with Crippen molar-refractivity contribution < 1.29 is 18.7 Å². The van der Waals surface area contributed by atoms with Crippen LogP contribution in [0.15, 0.2) is 18.2 Å². The number of benzene rings is 1. The Hall–Kier alpha value is -1.73. The van der Waals surface area contributed by atoms with Crippen LogP contribution in [0, 0.1) is 0 Å². The number of aliphatic hydroxyl groups excluding tert-OH is 1. The van der Waals surface area contributed by atoms with Gasteiger partial charge in [0.15, 0.2) is 0 Å². The lowest BCUT2D eigenvalue weighted by molar-refractivity contribution is -0.118. The van der Waals surface area contributed by atoms with E-state index < -0.39 is 19.0 Å². The second-order valence-corrected chi connectivity index (χ2v) is 4.68. The number of nitrogens with zero attached hydrogens (tertiary/aromatic N) is 2. The summed E-state index contributed by atoms with van der Waals surface area (Å²) in [4.78, 5) is 14.6. The molecule has 1 aliphatic rings. The van der Waals surface area contributed by atoms with E-state index in [9.17, 15) is 13.6 Å². The molecule has 0 spiro atoms. The molecule has 1 unspecified atom stereocenters. The number of hydrogen-bond acceptors (Lipinski definition) is 4. The van der Waals surface area contributed by atoms with Gasteiger partial charge in [-0.15, -0.1) is 0 Å². The lowest BCUT2D eigenvalue weighted by Crippen LogP contribution is -2.31. The topological polar surface area (TPSA) is 69.8 Å². The predicted octanol–water partition coefficient (Wildman–Crippen LogP) is 0.727. The lowest BCUT2D eigenvalue weighted by atomic mass is 10.1. The first-order valence-corrected chi connectivity index (χ1v) is 6.26. The van der Waals surface area contributed by atoms with Gasteiger partial charge < -0.3 is 20.6 Å². The number of likely N-dealkylation sites (N-methyl/N-ethyl adjacent to an activating group) is 1. The van der Waals surface area contributed by atoms with E-state index in [-0.39, 0.29) is 19.1 Å². The van der Waals surface area contributed by atoms with Crippen LogP contribution in [0.5, 0.6) is 0 Å². The first kappa shape index (κ1) is 14.7. The Morgan fingerprint density at radius 2 is 2.20 bits per heavy atom. The molecule has 0 saturated carbocycles. The molecule has 2 rings (SSSR count). The maximum absolute atomic E-state index is 12.6. The predicted molar refractivity (Wildman–Crippen MR) is 72.1 cm³/mol. The van der Waals surface area contributed by atoms with Crippen molar-refractivity contribution in [1.29, 1.82) is 0 Å². The van der Waals surface area contributed by atoms with Crippen molar-refractivity contribution in [3.8, 4) is 0 Å². The van der Waals surface area contributed by atoms with Gasteiger partial charge in [-0.25, -0.2) is 8.78 Å². The van der Waals surface area contributed by atoms with Crippen LogP contribution in [0.2, 0.25) is 0 Å². The quantitative estimate of drug-likeness (QED) is 0.836. The lowest BCUT2D eigenvalue weighted by Gasteiger charge is -2.24. The zero-order valence-electron chi connectivity index (χ0n) is 11.1. The van der Waals surface area contributed by atoms with E-state index >= 15 is 0 Å². The molecule has 1 amide bonds. The Kier molecular flexibility index (Phi) is 4.20. The van der Waals surface area contributed by atoms with Crippen LogP contribution in [-0.4, -0.2) is 44.2 Å². The zero-order valence-corrected chi connectivity index (χ0v) is 11.1. The maximum Gasteiger partial charge on any atom is 0.255 e. The molecule has 1 heterocycles. The molecular formula is C13H17F2N3O2. The third-order valence-electron chi connectivity index (χ3n) is 3.40. The van der Waals surface area contributed by atoms with Crippen LogP contribution in [0.25, 0.3) is 0 Å². The van der Waals surface area contributed by atoms with Gasteiger partial charge in [-0.2, -0.15) is 0 Å². The van der Waals surface area contributed by atoms with E-state index in [1.807, 2.05) is 0 Å². The molecule has 0 aliphatic carbocycles. The number of rotatable bonds is 5. The van der Waals surface area contributed by atoms with E-state index in [1.54, 1.807) is 25.2 Å². The van der Waals surface area contributed by atoms with Gasteiger partial charge in [-0.3, -0.25) is 4.79 Å². The van der Waals surface area contributed by atoms with E-state index in [1.165, 1.54) is 9.80 Å². The minimum Gasteiger partial charge on any atom is -0.395 e. The molecule has 1 aromatic rings. The fraction of sp³-hybridized carbons (Fsp3) is 0.462. The molecule has 7 heteroatoms. The summed E-state index contributed by atoms with van der Waals surface area (Å²) in [5.74, 6) is -0.222. The summed E-state index contributed by atoms with van der Waals surface area (Å²) in [6.07, 6.45) is -2.50. The number of carbonyl (C=O) groups is 1. The summed E-state index contributed by atoms with van der Waals surface area (Å²) in [7, 11) is 1.60. The Bertz CT molecular complexity index is 510. The largest absolute Gasteiger partial charge is 0.395 e. The van der Waals surface area contributed by atoms with Crippen molar-refractivity contribution >= 4 is 17.3 Å². The molecule has 1 aromatic carbocycles. The monoisotopic (exact) mass is 285 g/mol. The summed E-state index contributed by atoms with van der Waals surface area (Å²) < 4.78 is 25.1. The van der Waals surface area contributed by atoms with Crippen LogP contribution >= 0.6 is 0 Å². The third-order valence-corrected chi connectivity index (χ3v) is 3.40. The molecule has 0 aromatic heterocycles. The molecule has 5 nitrogen and oxygen atoms in total. The summed E-state index contributed by atoms with van der Waals surface area (Å²) in [5, 5.41) is 8.97. The first-order valence-electron chi connectivity index (χ1n) is 6.26. The van der Waals surface area contributed by atoms with Crippen molar-refractivity contribution in [2.45, 2.75) is 12.5 Å². The molecule has 110 valence electrons. The molecule has 0 radical (unpaired) electrons. The fourth-order valence-electron chi connectivity index (χ4n) is 2.36. The van der Waals surface area contributed by atoms with Crippen molar-refractivity contribution in [3.05, 3.63) is 23.8 Å². The molecule has 0 bridgehead atoms. The van der Waals surface area contributed by atoms with Crippen molar-refractivity contribution in [3.63, 3.8) is 0 Å². The molecule has 1 aliphatic heterocycles. The summed E-state index contributed by atoms with van der Waals surface area (Å²) in [6, 6.07) is 4.26. The van der Waals surface area contributed by atoms with Gasteiger partial charge in [0.05, 0.1) is 18.8 Å². The normalized spacial score (nSPS) is 17.8. The highest BCUT2D eigenvalue weighted by Crippen LogP contribution is 2.36. The standard InChI is InChI=1S/C13H17F2N3O2/c1-17-10-6-8(18(4-5-19)7-11(14)15)2-3-9(10)12(16)13(17)20/h2-3,6,11-12,19H,4-5,7,16H2,1H3. The van der Waals surface area contributed by atoms with Gasteiger partial charge in [0, 0.05) is 24.8 Å². The van der Waals surface area contributed by atoms with Gasteiger partial charge in [0.2, 0.25) is 5.91 Å². The number of carbonyl (C=O) groups excluding carboxylic acids is 1. The molecular weight excluding hydrogens is 268 g/mol. The summed E-state index contributed by atoms with van der Waals surface area (Å²) in [6.45, 7) is -0.589. The number of anilines is 2. The van der Waals surface area contributed by atoms with Crippen molar-refractivity contribution in [2.75, 3.05) is 36.5 Å². The number of amides is 1. The Balaban J connectivity index is 2.33. The van der Waals surface area contributed by atoms with Crippen LogP contribution < -0.4 is 15.5 Å². The van der Waals surface area contributed by atoms with Gasteiger partial charge >= 0.3 is 0 Å². The highest BCUT2D eigenvalue weighted by molar-refractivity contribution is 6.04. The Labute approximate surface area is 115 Å². The molecule has 20 heavy (non-hydrogen) atoms. The van der Waals surface area contributed by atoms with Crippen LogP contribution in [0.3, 0.4) is 0 Å². The van der Waals surface area contributed by atoms with E-state index in [0.717, 1.165) is 0 Å². The highest BCUT2D eigenvalue weighted by atomic mass is 19.3. The number of hydrogen-bond donors (Lipinski definition) is 2. The number of halogens is 2. The Morgan fingerprint density at radius 1 is 1.50 bits per heavy atom. The second kappa shape index (κ2) is 5.72. The summed E-state index contributed by atoms with van der Waals surface area (Å²) >= 11 is 0. The second-order valence-electron chi connectivity index (χ2n) is 4.68. The molecule has 3 N–H and O–H groups in total. The number of aliphatic hydroxyl groups is 1. The van der Waals surface area contributed by atoms with E-state index in [0.29, 0.717) is 16.9 Å². The first-order chi connectivity index (χ1) is 9.45. The molecule has 1 atom stereocenters. The van der Waals surface area contributed by atoms with Gasteiger partial charge in [0.1, 0.15) is 6.04 Å². The molecule has 0 saturated heterocycles. The fourth-order valence-corrected chi connectivity index (χ4v) is 2.36. The summed E-state index contributed by atoms with van der Waals surface area (Å²) in [5.41, 5.74) is 7.62.